The van der Waals surface area contributed by atoms with Crippen molar-refractivity contribution in [3.05, 3.63) is 24.3 Å². The van der Waals surface area contributed by atoms with E-state index in [1.165, 1.54) is 5.75 Å². The van der Waals surface area contributed by atoms with Crippen molar-refractivity contribution in [3.8, 4) is 5.75 Å². The van der Waals surface area contributed by atoms with Gasteiger partial charge in [-0.1, -0.05) is 12.1 Å². The van der Waals surface area contributed by atoms with Crippen LogP contribution in [0.5, 0.6) is 5.75 Å². The summed E-state index contributed by atoms with van der Waals surface area (Å²) in [5.74, 6) is 3.11. The van der Waals surface area contributed by atoms with Crippen LogP contribution in [0.25, 0.3) is 0 Å². The maximum absolute atomic E-state index is 12.2. The normalized spacial score (nSPS) is 19.4. The number of hydrogen-bond donors (Lipinski definition) is 1. The van der Waals surface area contributed by atoms with Gasteiger partial charge in [0.2, 0.25) is 0 Å². The van der Waals surface area contributed by atoms with E-state index in [0.717, 1.165) is 18.7 Å². The van der Waals surface area contributed by atoms with Crippen molar-refractivity contribution < 1.29 is 17.9 Å². The third-order valence-corrected chi connectivity index (χ3v) is 4.12. The molecule has 1 N–H and O–H groups in total. The van der Waals surface area contributed by atoms with Crippen LogP contribution >= 0.6 is 11.8 Å². The maximum Gasteiger partial charge on any atom is 0.422 e. The van der Waals surface area contributed by atoms with E-state index < -0.39 is 12.8 Å². The lowest BCUT2D eigenvalue weighted by Crippen LogP contribution is -2.20. The lowest BCUT2D eigenvalue weighted by Gasteiger charge is -2.16. The van der Waals surface area contributed by atoms with Crippen LogP contribution in [0.4, 0.5) is 18.9 Å². The fourth-order valence-electron chi connectivity index (χ4n) is 1.90. The first-order valence-corrected chi connectivity index (χ1v) is 7.30. The van der Waals surface area contributed by atoms with Crippen LogP contribution in [-0.4, -0.2) is 30.8 Å². The molecule has 0 bridgehead atoms. The molecule has 1 aromatic carbocycles. The first-order chi connectivity index (χ1) is 9.04. The van der Waals surface area contributed by atoms with Crippen molar-refractivity contribution in [1.82, 2.24) is 0 Å². The van der Waals surface area contributed by atoms with Crippen LogP contribution in [-0.2, 0) is 0 Å². The van der Waals surface area contributed by atoms with Crippen LogP contribution in [0, 0.1) is 5.92 Å². The third kappa shape index (κ3) is 4.86. The van der Waals surface area contributed by atoms with Crippen molar-refractivity contribution in [2.75, 3.05) is 30.0 Å². The minimum Gasteiger partial charge on any atom is -0.482 e. The molecule has 0 spiro atoms. The zero-order valence-electron chi connectivity index (χ0n) is 10.4. The summed E-state index contributed by atoms with van der Waals surface area (Å²) in [4.78, 5) is 0. The Bertz CT molecular complexity index is 405. The fourth-order valence-corrected chi connectivity index (χ4v) is 3.18. The fraction of sp³-hybridized carbons (Fsp3) is 0.538. The Balaban J connectivity index is 1.91. The number of nitrogens with one attached hydrogen (secondary N) is 1. The molecule has 1 heterocycles. The van der Waals surface area contributed by atoms with Crippen LogP contribution < -0.4 is 10.1 Å². The summed E-state index contributed by atoms with van der Waals surface area (Å²) in [6, 6.07) is 6.75. The molecule has 0 amide bonds. The molecule has 0 saturated carbocycles. The summed E-state index contributed by atoms with van der Waals surface area (Å²) in [5.41, 5.74) is 0.628. The number of hydrogen-bond acceptors (Lipinski definition) is 3. The van der Waals surface area contributed by atoms with E-state index in [9.17, 15) is 13.2 Å². The zero-order chi connectivity index (χ0) is 13.7. The number of rotatable bonds is 5. The Morgan fingerprint density at radius 1 is 1.32 bits per heavy atom. The number of para-hydroxylation sites is 2. The van der Waals surface area contributed by atoms with E-state index in [1.807, 2.05) is 11.8 Å². The maximum atomic E-state index is 12.2. The van der Waals surface area contributed by atoms with Gasteiger partial charge in [0.1, 0.15) is 5.75 Å². The summed E-state index contributed by atoms with van der Waals surface area (Å²) >= 11 is 1.92. The van der Waals surface area contributed by atoms with E-state index in [2.05, 4.69) is 5.32 Å². The molecule has 106 valence electrons. The van der Waals surface area contributed by atoms with Gasteiger partial charge in [-0.15, -0.1) is 0 Å². The lowest BCUT2D eigenvalue weighted by molar-refractivity contribution is -0.153. The molecule has 1 fully saturated rings. The zero-order valence-corrected chi connectivity index (χ0v) is 11.2. The molecule has 1 saturated heterocycles. The predicted octanol–water partition coefficient (Wildman–Crippen LogP) is 3.79. The van der Waals surface area contributed by atoms with E-state index in [1.54, 1.807) is 24.3 Å². The summed E-state index contributed by atoms with van der Waals surface area (Å²) in [5, 5.41) is 3.19. The first-order valence-electron chi connectivity index (χ1n) is 6.15. The number of ether oxygens (including phenoxy) is 1. The van der Waals surface area contributed by atoms with Gasteiger partial charge in [-0.25, -0.2) is 0 Å². The quantitative estimate of drug-likeness (QED) is 0.891. The van der Waals surface area contributed by atoms with Gasteiger partial charge in [0.15, 0.2) is 6.61 Å². The second-order valence-corrected chi connectivity index (χ2v) is 5.66. The summed E-state index contributed by atoms with van der Waals surface area (Å²) in [7, 11) is 0. The van der Waals surface area contributed by atoms with Gasteiger partial charge in [0.05, 0.1) is 5.69 Å². The highest BCUT2D eigenvalue weighted by Crippen LogP contribution is 2.28. The molecule has 0 radical (unpaired) electrons. The number of thioether (sulfide) groups is 1. The lowest BCUT2D eigenvalue weighted by atomic mass is 10.1. The van der Waals surface area contributed by atoms with Crippen molar-refractivity contribution in [2.24, 2.45) is 5.92 Å². The molecule has 0 aliphatic carbocycles. The van der Waals surface area contributed by atoms with Gasteiger partial charge in [0, 0.05) is 6.54 Å². The van der Waals surface area contributed by atoms with Gasteiger partial charge < -0.3 is 10.1 Å². The Morgan fingerprint density at radius 2 is 2.11 bits per heavy atom. The van der Waals surface area contributed by atoms with Gasteiger partial charge in [-0.05, 0) is 36.0 Å². The predicted molar refractivity (Wildman–Crippen MR) is 71.9 cm³/mol. The second kappa shape index (κ2) is 6.41. The highest BCUT2D eigenvalue weighted by Gasteiger charge is 2.28. The van der Waals surface area contributed by atoms with E-state index >= 15 is 0 Å². The minimum atomic E-state index is -4.31. The second-order valence-electron chi connectivity index (χ2n) is 4.51. The smallest absolute Gasteiger partial charge is 0.422 e. The molecule has 1 aliphatic heterocycles. The third-order valence-electron chi connectivity index (χ3n) is 2.88. The van der Waals surface area contributed by atoms with Crippen molar-refractivity contribution in [1.29, 1.82) is 0 Å². The van der Waals surface area contributed by atoms with Crippen molar-refractivity contribution in [2.45, 2.75) is 12.6 Å². The van der Waals surface area contributed by atoms with Crippen molar-refractivity contribution >= 4 is 17.4 Å². The molecular weight excluding hydrogens is 275 g/mol. The van der Waals surface area contributed by atoms with Gasteiger partial charge in [-0.3, -0.25) is 0 Å². The van der Waals surface area contributed by atoms with E-state index in [-0.39, 0.29) is 5.75 Å². The summed E-state index contributed by atoms with van der Waals surface area (Å²) < 4.78 is 41.3. The van der Waals surface area contributed by atoms with Gasteiger partial charge in [-0.2, -0.15) is 24.9 Å². The number of benzene rings is 1. The Morgan fingerprint density at radius 3 is 2.79 bits per heavy atom. The first kappa shape index (κ1) is 14.4. The van der Waals surface area contributed by atoms with Crippen molar-refractivity contribution in [3.63, 3.8) is 0 Å². The van der Waals surface area contributed by atoms with E-state index in [4.69, 9.17) is 4.74 Å². The van der Waals surface area contributed by atoms with Gasteiger partial charge >= 0.3 is 6.18 Å². The average molecular weight is 291 g/mol. The molecule has 1 aliphatic rings. The Kier molecular flexibility index (Phi) is 4.85. The average Bonchev–Trinajstić information content (AvgIpc) is 2.87. The standard InChI is InChI=1S/C13H16F3NOS/c14-13(15,16)9-18-12-4-2-1-3-11(12)17-7-10-5-6-19-8-10/h1-4,10,17H,5-9H2. The van der Waals surface area contributed by atoms with Crippen LogP contribution in [0.1, 0.15) is 6.42 Å². The highest BCUT2D eigenvalue weighted by atomic mass is 32.2. The van der Waals surface area contributed by atoms with Crippen LogP contribution in [0.15, 0.2) is 24.3 Å². The van der Waals surface area contributed by atoms with Crippen LogP contribution in [0.3, 0.4) is 0 Å². The summed E-state index contributed by atoms with van der Waals surface area (Å²) in [6.07, 6.45) is -3.15. The van der Waals surface area contributed by atoms with Gasteiger partial charge in [0.25, 0.3) is 0 Å². The molecule has 19 heavy (non-hydrogen) atoms. The molecule has 1 atom stereocenters. The highest BCUT2D eigenvalue weighted by molar-refractivity contribution is 7.99. The Hall–Kier alpha value is -1.04. The molecule has 0 aromatic heterocycles. The SMILES string of the molecule is FC(F)(F)COc1ccccc1NCC1CCSC1. The minimum absolute atomic E-state index is 0.255. The molecule has 1 unspecified atom stereocenters. The Labute approximate surface area is 114 Å². The molecular formula is C13H16F3NOS. The number of alkyl halides is 3. The molecule has 2 rings (SSSR count). The molecule has 1 aromatic rings. The molecule has 2 nitrogen and oxygen atoms in total. The topological polar surface area (TPSA) is 21.3 Å². The number of anilines is 1. The van der Waals surface area contributed by atoms with E-state index in [0.29, 0.717) is 11.6 Å². The number of halogens is 3. The monoisotopic (exact) mass is 291 g/mol. The summed E-state index contributed by atoms with van der Waals surface area (Å²) in [6.45, 7) is -0.482. The molecule has 6 heteroatoms. The van der Waals surface area contributed by atoms with Crippen LogP contribution in [0.2, 0.25) is 0 Å². The largest absolute Gasteiger partial charge is 0.482 e.